The van der Waals surface area contributed by atoms with Crippen LogP contribution >= 0.6 is 15.9 Å². The van der Waals surface area contributed by atoms with Gasteiger partial charge in [0, 0.05) is 16.1 Å². The summed E-state index contributed by atoms with van der Waals surface area (Å²) < 4.78 is 1.01. The molecule has 18 heavy (non-hydrogen) atoms. The molecule has 0 radical (unpaired) electrons. The van der Waals surface area contributed by atoms with E-state index in [1.54, 1.807) is 18.2 Å². The molecule has 0 saturated carbocycles. The molecule has 3 nitrogen and oxygen atoms in total. The van der Waals surface area contributed by atoms with Crippen LogP contribution in [0.1, 0.15) is 5.56 Å². The van der Waals surface area contributed by atoms with Crippen molar-refractivity contribution < 1.29 is 5.11 Å². The molecule has 0 spiro atoms. The molecule has 4 heteroatoms. The highest BCUT2D eigenvalue weighted by Gasteiger charge is 2.09. The number of H-pyrrole nitrogens is 1. The third-order valence-electron chi connectivity index (χ3n) is 2.85. The van der Waals surface area contributed by atoms with E-state index in [4.69, 9.17) is 0 Å². The molecular formula is C14H11BrN2O. The van der Waals surface area contributed by atoms with Crippen LogP contribution in [0.4, 0.5) is 0 Å². The van der Waals surface area contributed by atoms with Crippen molar-refractivity contribution in [2.24, 2.45) is 0 Å². The lowest BCUT2D eigenvalue weighted by molar-refractivity contribution is 0.476. The smallest absolute Gasteiger partial charge is 0.139 e. The monoisotopic (exact) mass is 302 g/mol. The molecule has 0 unspecified atom stereocenters. The van der Waals surface area contributed by atoms with E-state index in [0.717, 1.165) is 26.9 Å². The van der Waals surface area contributed by atoms with Gasteiger partial charge in [0.1, 0.15) is 11.6 Å². The van der Waals surface area contributed by atoms with Crippen molar-refractivity contribution in [3.8, 4) is 17.1 Å². The number of fused-ring (bicyclic) bond motifs is 1. The Morgan fingerprint density at radius 3 is 2.78 bits per heavy atom. The molecule has 0 aliphatic carbocycles. The Bertz CT molecular complexity index is 734. The van der Waals surface area contributed by atoms with Gasteiger partial charge in [0.05, 0.1) is 11.0 Å². The van der Waals surface area contributed by atoms with Crippen LogP contribution in [-0.2, 0) is 0 Å². The number of hydrogen-bond donors (Lipinski definition) is 2. The van der Waals surface area contributed by atoms with Gasteiger partial charge in [-0.05, 0) is 36.8 Å². The molecule has 0 bridgehead atoms. The molecule has 0 aliphatic heterocycles. The summed E-state index contributed by atoms with van der Waals surface area (Å²) in [6.45, 7) is 2.05. The minimum absolute atomic E-state index is 0.237. The second kappa shape index (κ2) is 4.14. The van der Waals surface area contributed by atoms with Gasteiger partial charge in [-0.2, -0.15) is 0 Å². The van der Waals surface area contributed by atoms with Crippen LogP contribution in [0, 0.1) is 6.92 Å². The van der Waals surface area contributed by atoms with E-state index in [1.807, 2.05) is 19.1 Å². The number of halogens is 1. The quantitative estimate of drug-likeness (QED) is 0.713. The number of phenols is 1. The van der Waals surface area contributed by atoms with Gasteiger partial charge in [0.25, 0.3) is 0 Å². The first-order valence-corrected chi connectivity index (χ1v) is 6.38. The summed E-state index contributed by atoms with van der Waals surface area (Å²) in [6.07, 6.45) is 0. The zero-order valence-electron chi connectivity index (χ0n) is 9.74. The van der Waals surface area contributed by atoms with Crippen LogP contribution in [0.25, 0.3) is 22.4 Å². The number of phenolic OH excluding ortho intramolecular Hbond substituents is 1. The first kappa shape index (κ1) is 11.3. The summed E-state index contributed by atoms with van der Waals surface area (Å²) >= 11 is 3.55. The normalized spacial score (nSPS) is 11.0. The van der Waals surface area contributed by atoms with Gasteiger partial charge < -0.3 is 10.1 Å². The predicted molar refractivity (Wildman–Crippen MR) is 75.6 cm³/mol. The fraction of sp³-hybridized carbons (Fsp3) is 0.0714. The molecule has 0 fully saturated rings. The number of benzene rings is 2. The van der Waals surface area contributed by atoms with Crippen molar-refractivity contribution in [2.45, 2.75) is 6.92 Å². The minimum atomic E-state index is 0.237. The van der Waals surface area contributed by atoms with E-state index in [2.05, 4.69) is 32.0 Å². The molecule has 2 N–H and O–H groups in total. The Hall–Kier alpha value is -1.81. The van der Waals surface area contributed by atoms with E-state index in [0.29, 0.717) is 0 Å². The maximum atomic E-state index is 9.44. The SMILES string of the molecule is Cc1ccc(-c2nc3ccc(O)cc3[nH]2)c(Br)c1. The Morgan fingerprint density at radius 1 is 1.17 bits per heavy atom. The van der Waals surface area contributed by atoms with Crippen molar-refractivity contribution in [3.63, 3.8) is 0 Å². The molecule has 3 aromatic rings. The zero-order chi connectivity index (χ0) is 12.7. The van der Waals surface area contributed by atoms with Crippen LogP contribution in [-0.4, -0.2) is 15.1 Å². The van der Waals surface area contributed by atoms with Gasteiger partial charge in [-0.25, -0.2) is 4.98 Å². The summed E-state index contributed by atoms with van der Waals surface area (Å²) in [7, 11) is 0. The summed E-state index contributed by atoms with van der Waals surface area (Å²) in [5.41, 5.74) is 3.88. The number of nitrogens with one attached hydrogen (secondary N) is 1. The lowest BCUT2D eigenvalue weighted by Crippen LogP contribution is -1.83. The van der Waals surface area contributed by atoms with Crippen LogP contribution < -0.4 is 0 Å². The topological polar surface area (TPSA) is 48.9 Å². The summed E-state index contributed by atoms with van der Waals surface area (Å²) in [5.74, 6) is 1.03. The standard InChI is InChI=1S/C14H11BrN2O/c1-8-2-4-10(11(15)6-8)14-16-12-5-3-9(18)7-13(12)17-14/h2-7,18H,1H3,(H,16,17). The Labute approximate surface area is 113 Å². The van der Waals surface area contributed by atoms with Gasteiger partial charge in [0.15, 0.2) is 0 Å². The van der Waals surface area contributed by atoms with Crippen molar-refractivity contribution >= 4 is 27.0 Å². The average molecular weight is 303 g/mol. The third kappa shape index (κ3) is 1.88. The molecule has 1 heterocycles. The fourth-order valence-electron chi connectivity index (χ4n) is 1.94. The number of aromatic nitrogens is 2. The van der Waals surface area contributed by atoms with E-state index in [9.17, 15) is 5.11 Å². The number of nitrogens with zero attached hydrogens (tertiary/aromatic N) is 1. The number of aryl methyl sites for hydroxylation is 1. The third-order valence-corrected chi connectivity index (χ3v) is 3.50. The maximum Gasteiger partial charge on any atom is 0.139 e. The molecular weight excluding hydrogens is 292 g/mol. The lowest BCUT2D eigenvalue weighted by atomic mass is 10.1. The van der Waals surface area contributed by atoms with Crippen molar-refractivity contribution in [1.82, 2.24) is 9.97 Å². The highest BCUT2D eigenvalue weighted by Crippen LogP contribution is 2.29. The van der Waals surface area contributed by atoms with Crippen LogP contribution in [0.3, 0.4) is 0 Å². The molecule has 3 rings (SSSR count). The van der Waals surface area contributed by atoms with E-state index in [-0.39, 0.29) is 5.75 Å². The van der Waals surface area contributed by atoms with Crippen molar-refractivity contribution in [1.29, 1.82) is 0 Å². The van der Waals surface area contributed by atoms with Crippen LogP contribution in [0.5, 0.6) is 5.75 Å². The first-order valence-electron chi connectivity index (χ1n) is 5.59. The summed E-state index contributed by atoms with van der Waals surface area (Å²) in [6, 6.07) is 11.2. The van der Waals surface area contributed by atoms with Crippen molar-refractivity contribution in [2.75, 3.05) is 0 Å². The first-order chi connectivity index (χ1) is 8.63. The zero-order valence-corrected chi connectivity index (χ0v) is 11.3. The highest BCUT2D eigenvalue weighted by atomic mass is 79.9. The minimum Gasteiger partial charge on any atom is -0.508 e. The summed E-state index contributed by atoms with van der Waals surface area (Å²) in [5, 5.41) is 9.44. The second-order valence-corrected chi connectivity index (χ2v) is 5.12. The summed E-state index contributed by atoms with van der Waals surface area (Å²) in [4.78, 5) is 7.73. The fourth-order valence-corrected chi connectivity index (χ4v) is 2.62. The van der Waals surface area contributed by atoms with Crippen LogP contribution in [0.15, 0.2) is 40.9 Å². The van der Waals surface area contributed by atoms with Gasteiger partial charge in [-0.1, -0.05) is 22.0 Å². The number of aromatic hydroxyl groups is 1. The number of aromatic amines is 1. The predicted octanol–water partition coefficient (Wildman–Crippen LogP) is 4.01. The molecule has 1 aromatic heterocycles. The molecule has 0 amide bonds. The average Bonchev–Trinajstić information content (AvgIpc) is 2.71. The molecule has 0 saturated heterocycles. The highest BCUT2D eigenvalue weighted by molar-refractivity contribution is 9.10. The number of rotatable bonds is 1. The number of hydrogen-bond acceptors (Lipinski definition) is 2. The van der Waals surface area contributed by atoms with E-state index < -0.39 is 0 Å². The Morgan fingerprint density at radius 2 is 2.00 bits per heavy atom. The van der Waals surface area contributed by atoms with Gasteiger partial charge in [0.2, 0.25) is 0 Å². The Kier molecular flexibility index (Phi) is 2.59. The number of imidazole rings is 1. The molecule has 90 valence electrons. The van der Waals surface area contributed by atoms with Gasteiger partial charge >= 0.3 is 0 Å². The van der Waals surface area contributed by atoms with E-state index >= 15 is 0 Å². The van der Waals surface area contributed by atoms with Gasteiger partial charge in [-0.3, -0.25) is 0 Å². The largest absolute Gasteiger partial charge is 0.508 e. The molecule has 2 aromatic carbocycles. The Balaban J connectivity index is 2.19. The lowest BCUT2D eigenvalue weighted by Gasteiger charge is -2.01. The second-order valence-electron chi connectivity index (χ2n) is 4.27. The van der Waals surface area contributed by atoms with Crippen LogP contribution in [0.2, 0.25) is 0 Å². The van der Waals surface area contributed by atoms with Gasteiger partial charge in [-0.15, -0.1) is 0 Å². The molecule has 0 aliphatic rings. The van der Waals surface area contributed by atoms with E-state index in [1.165, 1.54) is 5.56 Å². The maximum absolute atomic E-state index is 9.44. The van der Waals surface area contributed by atoms with Crippen molar-refractivity contribution in [3.05, 3.63) is 46.4 Å². The molecule has 0 atom stereocenters.